The van der Waals surface area contributed by atoms with Crippen molar-refractivity contribution >= 4 is 5.91 Å². The second kappa shape index (κ2) is 7.08. The minimum Gasteiger partial charge on any atom is -0.497 e. The summed E-state index contributed by atoms with van der Waals surface area (Å²) in [5.41, 5.74) is 3.01. The molecule has 1 saturated heterocycles. The Kier molecular flexibility index (Phi) is 4.48. The van der Waals surface area contributed by atoms with Gasteiger partial charge in [0.1, 0.15) is 5.75 Å². The van der Waals surface area contributed by atoms with Crippen molar-refractivity contribution in [1.29, 1.82) is 0 Å². The van der Waals surface area contributed by atoms with Crippen molar-refractivity contribution in [2.75, 3.05) is 20.2 Å². The molecule has 4 rings (SSSR count). The van der Waals surface area contributed by atoms with E-state index >= 15 is 0 Å². The molecule has 3 aromatic rings. The van der Waals surface area contributed by atoms with Crippen LogP contribution in [0, 0.1) is 0 Å². The summed E-state index contributed by atoms with van der Waals surface area (Å²) in [4.78, 5) is 14.9. The van der Waals surface area contributed by atoms with E-state index < -0.39 is 0 Å². The van der Waals surface area contributed by atoms with Crippen LogP contribution >= 0.6 is 0 Å². The molecular weight excluding hydrogens is 324 g/mol. The van der Waals surface area contributed by atoms with Crippen molar-refractivity contribution < 1.29 is 9.53 Å². The van der Waals surface area contributed by atoms with E-state index in [4.69, 9.17) is 4.74 Å². The fourth-order valence-corrected chi connectivity index (χ4v) is 3.58. The number of likely N-dealkylation sites (tertiary alicyclic amines) is 1. The van der Waals surface area contributed by atoms with Crippen LogP contribution in [0.5, 0.6) is 5.75 Å². The van der Waals surface area contributed by atoms with E-state index in [0.29, 0.717) is 5.92 Å². The van der Waals surface area contributed by atoms with Crippen LogP contribution in [0.4, 0.5) is 0 Å². The zero-order valence-corrected chi connectivity index (χ0v) is 14.8. The Balaban J connectivity index is 1.48. The van der Waals surface area contributed by atoms with Crippen LogP contribution in [-0.2, 0) is 0 Å². The lowest BCUT2D eigenvalue weighted by atomic mass is 9.98. The average Bonchev–Trinajstić information content (AvgIpc) is 3.40. The number of hydrogen-bond acceptors (Lipinski definition) is 2. The van der Waals surface area contributed by atoms with Gasteiger partial charge in [0, 0.05) is 42.7 Å². The number of carbonyl (C=O) groups is 1. The monoisotopic (exact) mass is 346 g/mol. The minimum atomic E-state index is 0.106. The number of carbonyl (C=O) groups excluding carboxylic acids is 1. The first-order valence-electron chi connectivity index (χ1n) is 8.91. The maximum atomic E-state index is 12.9. The first kappa shape index (κ1) is 16.5. The lowest BCUT2D eigenvalue weighted by Gasteiger charge is -2.17. The maximum Gasteiger partial charge on any atom is 0.253 e. The quantitative estimate of drug-likeness (QED) is 0.712. The summed E-state index contributed by atoms with van der Waals surface area (Å²) >= 11 is 0. The van der Waals surface area contributed by atoms with Gasteiger partial charge in [0.15, 0.2) is 0 Å². The Labute approximate surface area is 153 Å². The molecule has 0 bridgehead atoms. The largest absolute Gasteiger partial charge is 0.497 e. The highest BCUT2D eigenvalue weighted by atomic mass is 16.5. The highest BCUT2D eigenvalue weighted by molar-refractivity contribution is 5.95. The number of methoxy groups -OCH3 is 1. The van der Waals surface area contributed by atoms with E-state index in [2.05, 4.69) is 12.1 Å². The zero-order valence-electron chi connectivity index (χ0n) is 14.8. The van der Waals surface area contributed by atoms with Crippen LogP contribution in [-0.4, -0.2) is 35.6 Å². The molecule has 1 unspecified atom stereocenters. The molecule has 0 saturated carbocycles. The summed E-state index contributed by atoms with van der Waals surface area (Å²) in [6.07, 6.45) is 4.97. The van der Waals surface area contributed by atoms with Gasteiger partial charge in [-0.25, -0.2) is 0 Å². The van der Waals surface area contributed by atoms with Crippen molar-refractivity contribution in [3.63, 3.8) is 0 Å². The Morgan fingerprint density at radius 2 is 1.81 bits per heavy atom. The standard InChI is InChI=1S/C22H22N2O2/c1-26-21-9-7-17(8-10-21)19-11-14-24(16-19)22(25)18-5-4-6-20(15-18)23-12-2-3-13-23/h2-10,12-13,15,19H,11,14,16H2,1H3. The molecule has 1 aliphatic rings. The predicted octanol–water partition coefficient (Wildman–Crippen LogP) is 4.12. The Bertz CT molecular complexity index is 885. The molecule has 0 N–H and O–H groups in total. The highest BCUT2D eigenvalue weighted by Gasteiger charge is 2.28. The van der Waals surface area contributed by atoms with Crippen LogP contribution in [0.1, 0.15) is 28.3 Å². The molecule has 4 heteroatoms. The van der Waals surface area contributed by atoms with Gasteiger partial charge in [0.25, 0.3) is 5.91 Å². The second-order valence-corrected chi connectivity index (χ2v) is 6.65. The normalized spacial score (nSPS) is 16.7. The van der Waals surface area contributed by atoms with Gasteiger partial charge in [-0.05, 0) is 54.4 Å². The molecule has 26 heavy (non-hydrogen) atoms. The van der Waals surface area contributed by atoms with E-state index in [-0.39, 0.29) is 5.91 Å². The number of aromatic nitrogens is 1. The van der Waals surface area contributed by atoms with Gasteiger partial charge < -0.3 is 14.2 Å². The summed E-state index contributed by atoms with van der Waals surface area (Å²) in [5.74, 6) is 1.36. The molecule has 1 amide bonds. The summed E-state index contributed by atoms with van der Waals surface area (Å²) in [6.45, 7) is 1.56. The maximum absolute atomic E-state index is 12.9. The van der Waals surface area contributed by atoms with Gasteiger partial charge in [-0.2, -0.15) is 0 Å². The number of hydrogen-bond donors (Lipinski definition) is 0. The molecule has 0 radical (unpaired) electrons. The van der Waals surface area contributed by atoms with Crippen LogP contribution in [0.3, 0.4) is 0 Å². The molecule has 1 aliphatic heterocycles. The number of nitrogens with zero attached hydrogens (tertiary/aromatic N) is 2. The fraction of sp³-hybridized carbons (Fsp3) is 0.227. The summed E-state index contributed by atoms with van der Waals surface area (Å²) < 4.78 is 7.24. The minimum absolute atomic E-state index is 0.106. The summed E-state index contributed by atoms with van der Waals surface area (Å²) in [7, 11) is 1.67. The Hall–Kier alpha value is -3.01. The first-order valence-corrected chi connectivity index (χ1v) is 8.91. The third-order valence-corrected chi connectivity index (χ3v) is 5.06. The van der Waals surface area contributed by atoms with E-state index in [1.54, 1.807) is 7.11 Å². The topological polar surface area (TPSA) is 34.5 Å². The van der Waals surface area contributed by atoms with Crippen molar-refractivity contribution in [3.05, 3.63) is 84.2 Å². The number of benzene rings is 2. The van der Waals surface area contributed by atoms with Gasteiger partial charge in [0.05, 0.1) is 7.11 Å². The van der Waals surface area contributed by atoms with Gasteiger partial charge >= 0.3 is 0 Å². The highest BCUT2D eigenvalue weighted by Crippen LogP contribution is 2.29. The van der Waals surface area contributed by atoms with Crippen LogP contribution in [0.15, 0.2) is 73.1 Å². The molecule has 0 spiro atoms. The Morgan fingerprint density at radius 3 is 2.54 bits per heavy atom. The molecule has 1 aromatic heterocycles. The van der Waals surface area contributed by atoms with Gasteiger partial charge in [-0.15, -0.1) is 0 Å². The predicted molar refractivity (Wildman–Crippen MR) is 102 cm³/mol. The zero-order chi connectivity index (χ0) is 17.9. The van der Waals surface area contributed by atoms with Crippen molar-refractivity contribution in [1.82, 2.24) is 9.47 Å². The SMILES string of the molecule is COc1ccc(C2CCN(C(=O)c3cccc(-n4cccc4)c3)C2)cc1. The third-order valence-electron chi connectivity index (χ3n) is 5.06. The van der Waals surface area contributed by atoms with Crippen molar-refractivity contribution in [3.8, 4) is 11.4 Å². The molecule has 132 valence electrons. The second-order valence-electron chi connectivity index (χ2n) is 6.65. The average molecular weight is 346 g/mol. The molecule has 4 nitrogen and oxygen atoms in total. The van der Waals surface area contributed by atoms with E-state index in [0.717, 1.165) is 36.5 Å². The van der Waals surface area contributed by atoms with Crippen molar-refractivity contribution in [2.45, 2.75) is 12.3 Å². The molecular formula is C22H22N2O2. The molecule has 2 aromatic carbocycles. The summed E-state index contributed by atoms with van der Waals surface area (Å²) in [6, 6.07) is 20.0. The van der Waals surface area contributed by atoms with Crippen LogP contribution in [0.2, 0.25) is 0 Å². The van der Waals surface area contributed by atoms with E-state index in [1.807, 2.05) is 70.4 Å². The molecule has 0 aliphatic carbocycles. The van der Waals surface area contributed by atoms with E-state index in [1.165, 1.54) is 5.56 Å². The fourth-order valence-electron chi connectivity index (χ4n) is 3.58. The van der Waals surface area contributed by atoms with Crippen LogP contribution in [0.25, 0.3) is 5.69 Å². The Morgan fingerprint density at radius 1 is 1.04 bits per heavy atom. The molecule has 1 atom stereocenters. The third kappa shape index (κ3) is 3.23. The van der Waals surface area contributed by atoms with E-state index in [9.17, 15) is 4.79 Å². The molecule has 1 fully saturated rings. The first-order chi connectivity index (χ1) is 12.7. The smallest absolute Gasteiger partial charge is 0.253 e. The van der Waals surface area contributed by atoms with Gasteiger partial charge in [-0.1, -0.05) is 18.2 Å². The number of rotatable bonds is 4. The number of amides is 1. The number of ether oxygens (including phenoxy) is 1. The molecule has 2 heterocycles. The van der Waals surface area contributed by atoms with Gasteiger partial charge in [0.2, 0.25) is 0 Å². The van der Waals surface area contributed by atoms with Crippen molar-refractivity contribution in [2.24, 2.45) is 0 Å². The van der Waals surface area contributed by atoms with Crippen LogP contribution < -0.4 is 4.74 Å². The van der Waals surface area contributed by atoms with Gasteiger partial charge in [-0.3, -0.25) is 4.79 Å². The lowest BCUT2D eigenvalue weighted by Crippen LogP contribution is -2.28. The summed E-state index contributed by atoms with van der Waals surface area (Å²) in [5, 5.41) is 0. The lowest BCUT2D eigenvalue weighted by molar-refractivity contribution is 0.0790.